The van der Waals surface area contributed by atoms with Crippen molar-refractivity contribution < 1.29 is 4.79 Å². The molecule has 3 heterocycles. The van der Waals surface area contributed by atoms with Gasteiger partial charge in [0.15, 0.2) is 0 Å². The maximum Gasteiger partial charge on any atom is 0.348 e. The van der Waals surface area contributed by atoms with E-state index >= 15 is 0 Å². The summed E-state index contributed by atoms with van der Waals surface area (Å²) in [5.41, 5.74) is 1.76. The Balaban J connectivity index is 1.77. The Morgan fingerprint density at radius 2 is 1.96 bits per heavy atom. The van der Waals surface area contributed by atoms with Crippen LogP contribution in [0.2, 0.25) is 0 Å². The van der Waals surface area contributed by atoms with Gasteiger partial charge >= 0.3 is 5.69 Å². The Morgan fingerprint density at radius 1 is 1.13 bits per heavy atom. The molecule has 0 atom stereocenters. The zero-order valence-electron chi connectivity index (χ0n) is 11.6. The van der Waals surface area contributed by atoms with Gasteiger partial charge in [0.25, 0.3) is 11.5 Å². The van der Waals surface area contributed by atoms with Gasteiger partial charge in [-0.05, 0) is 29.6 Å². The van der Waals surface area contributed by atoms with Crippen molar-refractivity contribution in [3.63, 3.8) is 0 Å². The molecule has 0 unspecified atom stereocenters. The highest BCUT2D eigenvalue weighted by Gasteiger charge is 2.14. The van der Waals surface area contributed by atoms with Crippen LogP contribution in [0.5, 0.6) is 0 Å². The number of para-hydroxylation sites is 1. The fourth-order valence-electron chi connectivity index (χ4n) is 2.40. The van der Waals surface area contributed by atoms with Gasteiger partial charge < -0.3 is 9.97 Å². The van der Waals surface area contributed by atoms with E-state index in [1.54, 1.807) is 30.3 Å². The minimum atomic E-state index is -0.699. The predicted octanol–water partition coefficient (Wildman–Crippen LogP) is 1.62. The topological polar surface area (TPSA) is 99.8 Å². The van der Waals surface area contributed by atoms with Gasteiger partial charge in [0.05, 0.1) is 10.9 Å². The molecule has 23 heavy (non-hydrogen) atoms. The molecule has 0 bridgehead atoms. The molecule has 0 aliphatic rings. The zero-order chi connectivity index (χ0) is 16.0. The van der Waals surface area contributed by atoms with Gasteiger partial charge in [-0.15, -0.1) is 11.3 Å². The Morgan fingerprint density at radius 3 is 2.78 bits per heavy atom. The third kappa shape index (κ3) is 2.16. The number of benzene rings is 1. The summed E-state index contributed by atoms with van der Waals surface area (Å²) < 4.78 is 0.680. The standard InChI is InChI=1S/C15H10N4O3S/c20-12(11-7-8-5-6-23-13(8)16-11)18-19-14(21)9-3-1-2-4-10(9)17-15(19)22/h1-7,16H,(H,17,22)(H,18,20). The maximum absolute atomic E-state index is 12.4. The van der Waals surface area contributed by atoms with Gasteiger partial charge in [0, 0.05) is 5.39 Å². The van der Waals surface area contributed by atoms with Crippen LogP contribution >= 0.6 is 11.3 Å². The molecule has 0 aliphatic heterocycles. The van der Waals surface area contributed by atoms with Crippen molar-refractivity contribution in [2.75, 3.05) is 5.43 Å². The molecular weight excluding hydrogens is 316 g/mol. The summed E-state index contributed by atoms with van der Waals surface area (Å²) in [6.45, 7) is 0. The molecule has 0 fully saturated rings. The quantitative estimate of drug-likeness (QED) is 0.522. The van der Waals surface area contributed by atoms with Gasteiger partial charge in [-0.25, -0.2) is 4.79 Å². The predicted molar refractivity (Wildman–Crippen MR) is 88.7 cm³/mol. The molecule has 4 rings (SSSR count). The lowest BCUT2D eigenvalue weighted by Gasteiger charge is -2.07. The summed E-state index contributed by atoms with van der Waals surface area (Å²) in [5, 5.41) is 3.13. The highest BCUT2D eigenvalue weighted by Crippen LogP contribution is 2.20. The summed E-state index contributed by atoms with van der Waals surface area (Å²) in [7, 11) is 0. The average molecular weight is 326 g/mol. The van der Waals surface area contributed by atoms with Crippen molar-refractivity contribution in [2.45, 2.75) is 0 Å². The summed E-state index contributed by atoms with van der Waals surface area (Å²) in [6.07, 6.45) is 0. The molecule has 7 nitrogen and oxygen atoms in total. The number of fused-ring (bicyclic) bond motifs is 2. The highest BCUT2D eigenvalue weighted by atomic mass is 32.1. The van der Waals surface area contributed by atoms with Gasteiger partial charge in [0.2, 0.25) is 0 Å². The first-order valence-electron chi connectivity index (χ1n) is 6.75. The van der Waals surface area contributed by atoms with Crippen LogP contribution in [0, 0.1) is 0 Å². The molecule has 3 N–H and O–H groups in total. The molecular formula is C15H10N4O3S. The molecule has 1 aromatic carbocycles. The number of carbonyl (C=O) groups is 1. The summed E-state index contributed by atoms with van der Waals surface area (Å²) in [4.78, 5) is 43.0. The second-order valence-corrected chi connectivity index (χ2v) is 5.86. The fourth-order valence-corrected chi connectivity index (χ4v) is 3.18. The van der Waals surface area contributed by atoms with Crippen molar-refractivity contribution in [2.24, 2.45) is 0 Å². The third-order valence-electron chi connectivity index (χ3n) is 3.51. The van der Waals surface area contributed by atoms with Crippen molar-refractivity contribution in [1.29, 1.82) is 0 Å². The molecule has 114 valence electrons. The first-order valence-corrected chi connectivity index (χ1v) is 7.63. The second-order valence-electron chi connectivity index (χ2n) is 4.95. The maximum atomic E-state index is 12.4. The van der Waals surface area contributed by atoms with Crippen LogP contribution in [0.4, 0.5) is 0 Å². The molecule has 8 heteroatoms. The largest absolute Gasteiger partial charge is 0.348 e. The van der Waals surface area contributed by atoms with E-state index in [9.17, 15) is 14.4 Å². The smallest absolute Gasteiger partial charge is 0.342 e. The Bertz CT molecular complexity index is 1140. The van der Waals surface area contributed by atoms with E-state index in [-0.39, 0.29) is 5.69 Å². The molecule has 0 radical (unpaired) electrons. The number of nitrogens with one attached hydrogen (secondary N) is 3. The lowest BCUT2D eigenvalue weighted by atomic mass is 10.2. The zero-order valence-corrected chi connectivity index (χ0v) is 12.4. The fraction of sp³-hybridized carbons (Fsp3) is 0. The van der Waals surface area contributed by atoms with Crippen LogP contribution in [0.25, 0.3) is 21.1 Å². The number of H-pyrrole nitrogens is 2. The summed E-state index contributed by atoms with van der Waals surface area (Å²) in [6, 6.07) is 10.2. The molecule has 0 saturated heterocycles. The Hall–Kier alpha value is -3.13. The normalized spacial score (nSPS) is 11.1. The van der Waals surface area contributed by atoms with Crippen molar-refractivity contribution in [3.05, 3.63) is 68.3 Å². The Kier molecular flexibility index (Phi) is 2.91. The minimum absolute atomic E-state index is 0.284. The van der Waals surface area contributed by atoms with E-state index in [2.05, 4.69) is 15.4 Å². The lowest BCUT2D eigenvalue weighted by Crippen LogP contribution is -2.43. The van der Waals surface area contributed by atoms with E-state index < -0.39 is 17.2 Å². The van der Waals surface area contributed by atoms with E-state index in [0.717, 1.165) is 10.2 Å². The SMILES string of the molecule is O=C(Nn1c(=O)[nH]c2ccccc2c1=O)c1cc2ccsc2[nH]1. The third-order valence-corrected chi connectivity index (χ3v) is 4.35. The minimum Gasteiger partial charge on any atom is -0.342 e. The van der Waals surface area contributed by atoms with E-state index in [4.69, 9.17) is 0 Å². The van der Waals surface area contributed by atoms with Crippen LogP contribution in [-0.4, -0.2) is 20.6 Å². The van der Waals surface area contributed by atoms with Crippen LogP contribution in [0.15, 0.2) is 51.4 Å². The van der Waals surface area contributed by atoms with Gasteiger partial charge in [0.1, 0.15) is 10.5 Å². The molecule has 4 aromatic rings. The van der Waals surface area contributed by atoms with E-state index in [0.29, 0.717) is 15.6 Å². The number of aromatic nitrogens is 3. The second kappa shape index (κ2) is 4.96. The molecule has 0 spiro atoms. The van der Waals surface area contributed by atoms with Crippen LogP contribution < -0.4 is 16.7 Å². The number of carbonyl (C=O) groups excluding carboxylic acids is 1. The van der Waals surface area contributed by atoms with Crippen molar-refractivity contribution >= 4 is 38.4 Å². The molecule has 3 aromatic heterocycles. The number of amides is 1. The molecule has 0 aliphatic carbocycles. The number of rotatable bonds is 2. The van der Waals surface area contributed by atoms with E-state index in [1.165, 1.54) is 11.3 Å². The molecule has 0 saturated carbocycles. The number of thiophene rings is 1. The first-order chi connectivity index (χ1) is 11.1. The number of nitrogens with zero attached hydrogens (tertiary/aromatic N) is 1. The number of aromatic amines is 2. The monoisotopic (exact) mass is 326 g/mol. The summed E-state index contributed by atoms with van der Waals surface area (Å²) >= 11 is 1.47. The van der Waals surface area contributed by atoms with Gasteiger partial charge in [-0.3, -0.25) is 15.0 Å². The van der Waals surface area contributed by atoms with Gasteiger partial charge in [-0.2, -0.15) is 4.68 Å². The first kappa shape index (κ1) is 13.5. The van der Waals surface area contributed by atoms with Crippen LogP contribution in [0.3, 0.4) is 0 Å². The van der Waals surface area contributed by atoms with Crippen LogP contribution in [-0.2, 0) is 0 Å². The van der Waals surface area contributed by atoms with Crippen LogP contribution in [0.1, 0.15) is 10.5 Å². The van der Waals surface area contributed by atoms with E-state index in [1.807, 2.05) is 11.4 Å². The summed E-state index contributed by atoms with van der Waals surface area (Å²) in [5.74, 6) is -0.559. The lowest BCUT2D eigenvalue weighted by molar-refractivity contribution is 0.100. The number of hydrogen-bond acceptors (Lipinski definition) is 4. The Labute approximate surface area is 132 Å². The highest BCUT2D eigenvalue weighted by molar-refractivity contribution is 7.16. The van der Waals surface area contributed by atoms with Crippen molar-refractivity contribution in [3.8, 4) is 0 Å². The van der Waals surface area contributed by atoms with Crippen molar-refractivity contribution in [1.82, 2.24) is 14.6 Å². The molecule has 1 amide bonds. The van der Waals surface area contributed by atoms with Gasteiger partial charge in [-0.1, -0.05) is 12.1 Å². The average Bonchev–Trinajstić information content (AvgIpc) is 3.12. The number of hydrogen-bond donors (Lipinski definition) is 3.